The van der Waals surface area contributed by atoms with Crippen molar-refractivity contribution in [1.29, 1.82) is 0 Å². The highest BCUT2D eigenvalue weighted by atomic mass is 19.1. The van der Waals surface area contributed by atoms with Crippen LogP contribution in [0.5, 0.6) is 0 Å². The summed E-state index contributed by atoms with van der Waals surface area (Å²) in [6.07, 6.45) is 10.8. The van der Waals surface area contributed by atoms with E-state index in [1.54, 1.807) is 0 Å². The number of halogens is 1. The van der Waals surface area contributed by atoms with E-state index < -0.39 is 0 Å². The van der Waals surface area contributed by atoms with Crippen LogP contribution in [0.4, 0.5) is 4.39 Å². The van der Waals surface area contributed by atoms with E-state index >= 15 is 0 Å². The molecule has 0 unspecified atom stereocenters. The lowest BCUT2D eigenvalue weighted by Crippen LogP contribution is -2.14. The van der Waals surface area contributed by atoms with E-state index in [9.17, 15) is 4.39 Å². The molecule has 0 spiro atoms. The molecule has 0 amide bonds. The lowest BCUT2D eigenvalue weighted by molar-refractivity contribution is 0.554. The maximum absolute atomic E-state index is 12.7. The minimum Gasteiger partial charge on any atom is -0.313 e. The third-order valence-electron chi connectivity index (χ3n) is 3.45. The van der Waals surface area contributed by atoms with Crippen molar-refractivity contribution in [3.8, 4) is 0 Å². The van der Waals surface area contributed by atoms with Gasteiger partial charge in [-0.3, -0.25) is 0 Å². The van der Waals surface area contributed by atoms with Crippen LogP contribution >= 0.6 is 0 Å². The minimum atomic E-state index is -0.160. The van der Waals surface area contributed by atoms with Crippen molar-refractivity contribution in [2.75, 3.05) is 6.54 Å². The first-order valence-corrected chi connectivity index (χ1v) is 7.78. The molecule has 0 radical (unpaired) electrons. The normalized spacial score (nSPS) is 10.8. The number of rotatable bonds is 11. The number of unbranched alkanes of at least 4 members (excludes halogenated alkanes) is 7. The Kier molecular flexibility index (Phi) is 9.34. The highest BCUT2D eigenvalue weighted by molar-refractivity contribution is 5.15. The van der Waals surface area contributed by atoms with Gasteiger partial charge < -0.3 is 5.32 Å². The monoisotopic (exact) mass is 265 g/mol. The molecule has 0 atom stereocenters. The zero-order valence-electron chi connectivity index (χ0n) is 12.3. The molecule has 0 aliphatic heterocycles. The molecular formula is C17H28FN. The van der Waals surface area contributed by atoms with Crippen molar-refractivity contribution in [3.05, 3.63) is 35.6 Å². The Hall–Kier alpha value is -0.890. The van der Waals surface area contributed by atoms with E-state index in [0.29, 0.717) is 0 Å². The van der Waals surface area contributed by atoms with Crippen LogP contribution in [0.15, 0.2) is 24.3 Å². The standard InChI is InChI=1S/C17H28FN/c1-2-3-4-5-6-7-8-9-14-19-15-16-10-12-17(18)13-11-16/h10-13,19H,2-9,14-15H2,1H3. The van der Waals surface area contributed by atoms with Crippen LogP contribution in [-0.2, 0) is 6.54 Å². The van der Waals surface area contributed by atoms with Crippen LogP contribution in [0.3, 0.4) is 0 Å². The van der Waals surface area contributed by atoms with E-state index in [2.05, 4.69) is 12.2 Å². The summed E-state index contributed by atoms with van der Waals surface area (Å²) in [6.45, 7) is 4.16. The lowest BCUT2D eigenvalue weighted by atomic mass is 10.1. The fraction of sp³-hybridized carbons (Fsp3) is 0.647. The predicted molar refractivity (Wildman–Crippen MR) is 80.7 cm³/mol. The molecule has 1 nitrogen and oxygen atoms in total. The molecule has 1 aromatic carbocycles. The third kappa shape index (κ3) is 8.77. The average molecular weight is 265 g/mol. The van der Waals surface area contributed by atoms with Crippen molar-refractivity contribution in [3.63, 3.8) is 0 Å². The van der Waals surface area contributed by atoms with Crippen molar-refractivity contribution in [1.82, 2.24) is 5.32 Å². The second kappa shape index (κ2) is 11.0. The van der Waals surface area contributed by atoms with Crippen molar-refractivity contribution in [2.24, 2.45) is 0 Å². The van der Waals surface area contributed by atoms with Crippen molar-refractivity contribution in [2.45, 2.75) is 64.8 Å². The molecule has 108 valence electrons. The molecule has 1 aromatic rings. The first-order valence-electron chi connectivity index (χ1n) is 7.78. The molecule has 19 heavy (non-hydrogen) atoms. The summed E-state index contributed by atoms with van der Waals surface area (Å²) in [7, 11) is 0. The largest absolute Gasteiger partial charge is 0.313 e. The number of nitrogens with one attached hydrogen (secondary N) is 1. The second-order valence-corrected chi connectivity index (χ2v) is 5.28. The van der Waals surface area contributed by atoms with Gasteiger partial charge in [0.1, 0.15) is 5.82 Å². The maximum Gasteiger partial charge on any atom is 0.123 e. The van der Waals surface area contributed by atoms with E-state index in [4.69, 9.17) is 0 Å². The minimum absolute atomic E-state index is 0.160. The van der Waals surface area contributed by atoms with Gasteiger partial charge in [0.05, 0.1) is 0 Å². The van der Waals surface area contributed by atoms with Gasteiger partial charge >= 0.3 is 0 Å². The molecule has 0 fully saturated rings. The fourth-order valence-electron chi connectivity index (χ4n) is 2.22. The SMILES string of the molecule is CCCCCCCCCCNCc1ccc(F)cc1. The first kappa shape index (κ1) is 16.2. The summed E-state index contributed by atoms with van der Waals surface area (Å²) in [5.41, 5.74) is 1.15. The maximum atomic E-state index is 12.7. The van der Waals surface area contributed by atoms with Crippen molar-refractivity contribution >= 4 is 0 Å². The molecule has 0 bridgehead atoms. The summed E-state index contributed by atoms with van der Waals surface area (Å²) in [4.78, 5) is 0. The van der Waals surface area contributed by atoms with E-state index in [-0.39, 0.29) is 5.82 Å². The van der Waals surface area contributed by atoms with Gasteiger partial charge in [-0.05, 0) is 30.7 Å². The van der Waals surface area contributed by atoms with Crippen molar-refractivity contribution < 1.29 is 4.39 Å². The Labute approximate surface area is 117 Å². The van der Waals surface area contributed by atoms with E-state index in [1.807, 2.05) is 12.1 Å². The zero-order chi connectivity index (χ0) is 13.8. The second-order valence-electron chi connectivity index (χ2n) is 5.28. The highest BCUT2D eigenvalue weighted by Crippen LogP contribution is 2.08. The lowest BCUT2D eigenvalue weighted by Gasteiger charge is -2.05. The van der Waals surface area contributed by atoms with E-state index in [0.717, 1.165) is 18.7 Å². The summed E-state index contributed by atoms with van der Waals surface area (Å²) in [5.74, 6) is -0.160. The van der Waals surface area contributed by atoms with Crippen LogP contribution in [0, 0.1) is 5.82 Å². The van der Waals surface area contributed by atoms with Crippen LogP contribution < -0.4 is 5.32 Å². The predicted octanol–water partition coefficient (Wildman–Crippen LogP) is 5.06. The Bertz CT molecular complexity index is 308. The molecule has 0 heterocycles. The quantitative estimate of drug-likeness (QED) is 0.552. The Morgan fingerprint density at radius 3 is 2.05 bits per heavy atom. The van der Waals surface area contributed by atoms with Gasteiger partial charge in [-0.25, -0.2) is 4.39 Å². The highest BCUT2D eigenvalue weighted by Gasteiger charge is 1.94. The topological polar surface area (TPSA) is 12.0 Å². The number of hydrogen-bond acceptors (Lipinski definition) is 1. The zero-order valence-corrected chi connectivity index (χ0v) is 12.3. The van der Waals surface area contributed by atoms with Gasteiger partial charge in [0.15, 0.2) is 0 Å². The number of benzene rings is 1. The van der Waals surface area contributed by atoms with Crippen LogP contribution in [0.25, 0.3) is 0 Å². The molecule has 1 N–H and O–H groups in total. The van der Waals surface area contributed by atoms with Gasteiger partial charge in [-0.15, -0.1) is 0 Å². The first-order chi connectivity index (χ1) is 9.33. The molecule has 0 aliphatic carbocycles. The van der Waals surface area contributed by atoms with Gasteiger partial charge in [-0.2, -0.15) is 0 Å². The number of hydrogen-bond donors (Lipinski definition) is 1. The summed E-state index contributed by atoms with van der Waals surface area (Å²) < 4.78 is 12.7. The van der Waals surface area contributed by atoms with Gasteiger partial charge in [-0.1, -0.05) is 64.0 Å². The summed E-state index contributed by atoms with van der Waals surface area (Å²) >= 11 is 0. The van der Waals surface area contributed by atoms with Gasteiger partial charge in [0, 0.05) is 6.54 Å². The Balaban J connectivity index is 1.87. The molecule has 0 saturated carbocycles. The van der Waals surface area contributed by atoms with Crippen LogP contribution in [-0.4, -0.2) is 6.54 Å². The molecule has 2 heteroatoms. The summed E-state index contributed by atoms with van der Waals surface area (Å²) in [5, 5.41) is 3.41. The Morgan fingerprint density at radius 2 is 1.42 bits per heavy atom. The molecule has 0 saturated heterocycles. The van der Waals surface area contributed by atoms with Crippen LogP contribution in [0.1, 0.15) is 63.9 Å². The third-order valence-corrected chi connectivity index (χ3v) is 3.45. The van der Waals surface area contributed by atoms with Gasteiger partial charge in [0.25, 0.3) is 0 Å². The summed E-state index contributed by atoms with van der Waals surface area (Å²) in [6, 6.07) is 6.73. The molecular weight excluding hydrogens is 237 g/mol. The van der Waals surface area contributed by atoms with Crippen LogP contribution in [0.2, 0.25) is 0 Å². The molecule has 0 aromatic heterocycles. The molecule has 0 aliphatic rings. The average Bonchev–Trinajstić information content (AvgIpc) is 2.43. The van der Waals surface area contributed by atoms with Gasteiger partial charge in [0.2, 0.25) is 0 Å². The fourth-order valence-corrected chi connectivity index (χ4v) is 2.22. The molecule has 1 rings (SSSR count). The van der Waals surface area contributed by atoms with E-state index in [1.165, 1.54) is 63.5 Å². The Morgan fingerprint density at radius 1 is 0.842 bits per heavy atom. The smallest absolute Gasteiger partial charge is 0.123 e.